The molecule has 0 saturated heterocycles. The van der Waals surface area contributed by atoms with E-state index in [0.29, 0.717) is 0 Å². The molecule has 3 N–H and O–H groups in total. The monoisotopic (exact) mass is 326 g/mol. The molecule has 0 aliphatic heterocycles. The van der Waals surface area contributed by atoms with Crippen LogP contribution < -0.4 is 11.1 Å². The van der Waals surface area contributed by atoms with E-state index < -0.39 is 11.7 Å². The molecule has 6 heteroatoms. The lowest BCUT2D eigenvalue weighted by Gasteiger charge is -2.16. The van der Waals surface area contributed by atoms with Crippen LogP contribution in [0.15, 0.2) is 42.5 Å². The number of hydrogen-bond acceptors (Lipinski definition) is 2. The number of rotatable bonds is 4. The van der Waals surface area contributed by atoms with Crippen molar-refractivity contribution in [2.45, 2.75) is 5.92 Å². The Kier molecular flexibility index (Phi) is 5.17. The van der Waals surface area contributed by atoms with E-state index in [9.17, 15) is 9.18 Å². The minimum Gasteiger partial charge on any atom is -0.329 e. The van der Waals surface area contributed by atoms with Crippen LogP contribution in [0.1, 0.15) is 11.5 Å². The molecule has 0 saturated carbocycles. The van der Waals surface area contributed by atoms with Crippen LogP contribution in [0.4, 0.5) is 10.1 Å². The van der Waals surface area contributed by atoms with Gasteiger partial charge in [0.15, 0.2) is 0 Å². The summed E-state index contributed by atoms with van der Waals surface area (Å²) in [7, 11) is 0. The normalized spacial score (nSPS) is 12.0. The summed E-state index contributed by atoms with van der Waals surface area (Å²) in [5, 5.41) is 2.68. The molecule has 21 heavy (non-hydrogen) atoms. The summed E-state index contributed by atoms with van der Waals surface area (Å²) in [6, 6.07) is 11.3. The molecule has 2 aromatic carbocycles. The molecule has 2 aromatic rings. The Morgan fingerprint density at radius 3 is 2.29 bits per heavy atom. The molecule has 2 rings (SSSR count). The van der Waals surface area contributed by atoms with E-state index in [2.05, 4.69) is 5.32 Å². The quantitative estimate of drug-likeness (QED) is 0.897. The van der Waals surface area contributed by atoms with Gasteiger partial charge in [0.25, 0.3) is 0 Å². The smallest absolute Gasteiger partial charge is 0.233 e. The van der Waals surface area contributed by atoms with Crippen molar-refractivity contribution in [2.24, 2.45) is 5.73 Å². The number of nitrogens with one attached hydrogen (secondary N) is 1. The third-order valence-corrected chi connectivity index (χ3v) is 3.61. The first-order chi connectivity index (χ1) is 10.0. The van der Waals surface area contributed by atoms with Gasteiger partial charge < -0.3 is 11.1 Å². The lowest BCUT2D eigenvalue weighted by molar-refractivity contribution is -0.117. The van der Waals surface area contributed by atoms with E-state index in [1.54, 1.807) is 0 Å². The third kappa shape index (κ3) is 3.73. The number of nitrogens with two attached hydrogens (primary N) is 1. The standard InChI is InChI=1S/C15H13Cl2FN2O/c16-12-6-10(18)7-13(17)14(12)20-15(21)11(8-19)9-4-2-1-3-5-9/h1-7,11H,8,19H2,(H,20,21). The molecule has 3 nitrogen and oxygen atoms in total. The lowest BCUT2D eigenvalue weighted by Crippen LogP contribution is -2.27. The number of benzene rings is 2. The van der Waals surface area contributed by atoms with E-state index in [4.69, 9.17) is 28.9 Å². The van der Waals surface area contributed by atoms with Crippen LogP contribution in [0, 0.1) is 5.82 Å². The maximum Gasteiger partial charge on any atom is 0.233 e. The SMILES string of the molecule is NCC(C(=O)Nc1c(Cl)cc(F)cc1Cl)c1ccccc1. The zero-order chi connectivity index (χ0) is 15.4. The van der Waals surface area contributed by atoms with Crippen molar-refractivity contribution >= 4 is 34.8 Å². The zero-order valence-electron chi connectivity index (χ0n) is 10.9. The fraction of sp³-hybridized carbons (Fsp3) is 0.133. The van der Waals surface area contributed by atoms with Crippen LogP contribution in [0.5, 0.6) is 0 Å². The maximum absolute atomic E-state index is 13.1. The van der Waals surface area contributed by atoms with E-state index >= 15 is 0 Å². The van der Waals surface area contributed by atoms with Crippen molar-refractivity contribution in [1.82, 2.24) is 0 Å². The van der Waals surface area contributed by atoms with Crippen molar-refractivity contribution in [3.05, 3.63) is 63.9 Å². The Morgan fingerprint density at radius 2 is 1.76 bits per heavy atom. The van der Waals surface area contributed by atoms with E-state index in [0.717, 1.165) is 17.7 Å². The third-order valence-electron chi connectivity index (χ3n) is 3.01. The maximum atomic E-state index is 13.1. The van der Waals surface area contributed by atoms with E-state index in [1.165, 1.54) is 0 Å². The first-order valence-electron chi connectivity index (χ1n) is 6.23. The summed E-state index contributed by atoms with van der Waals surface area (Å²) in [4.78, 5) is 12.3. The second-order valence-electron chi connectivity index (χ2n) is 4.43. The van der Waals surface area contributed by atoms with Gasteiger partial charge in [-0.3, -0.25) is 4.79 Å². The Balaban J connectivity index is 2.25. The van der Waals surface area contributed by atoms with E-state index in [-0.39, 0.29) is 28.2 Å². The highest BCUT2D eigenvalue weighted by Gasteiger charge is 2.21. The predicted octanol–water partition coefficient (Wildman–Crippen LogP) is 3.81. The first kappa shape index (κ1) is 15.8. The van der Waals surface area contributed by atoms with Gasteiger partial charge in [0.2, 0.25) is 5.91 Å². The van der Waals surface area contributed by atoms with Crippen molar-refractivity contribution in [2.75, 3.05) is 11.9 Å². The number of halogens is 3. The fourth-order valence-electron chi connectivity index (χ4n) is 1.95. The molecule has 0 radical (unpaired) electrons. The molecule has 1 unspecified atom stereocenters. The first-order valence-corrected chi connectivity index (χ1v) is 6.99. The van der Waals surface area contributed by atoms with Gasteiger partial charge in [-0.15, -0.1) is 0 Å². The number of anilines is 1. The average Bonchev–Trinajstić information content (AvgIpc) is 2.45. The van der Waals surface area contributed by atoms with Crippen LogP contribution in [-0.2, 0) is 4.79 Å². The van der Waals surface area contributed by atoms with Gasteiger partial charge in [0.1, 0.15) is 5.82 Å². The minimum absolute atomic E-state index is 0.0391. The minimum atomic E-state index is -0.568. The van der Waals surface area contributed by atoms with Crippen LogP contribution in [0.25, 0.3) is 0 Å². The van der Waals surface area contributed by atoms with Crippen molar-refractivity contribution in [1.29, 1.82) is 0 Å². The van der Waals surface area contributed by atoms with Gasteiger partial charge in [0, 0.05) is 6.54 Å². The molecule has 1 atom stereocenters. The average molecular weight is 327 g/mol. The molecule has 0 bridgehead atoms. The number of carbonyl (C=O) groups excluding carboxylic acids is 1. The van der Waals surface area contributed by atoms with Gasteiger partial charge in [-0.1, -0.05) is 53.5 Å². The number of hydrogen-bond donors (Lipinski definition) is 2. The van der Waals surface area contributed by atoms with Crippen LogP contribution in [-0.4, -0.2) is 12.5 Å². The molecular weight excluding hydrogens is 314 g/mol. The zero-order valence-corrected chi connectivity index (χ0v) is 12.5. The lowest BCUT2D eigenvalue weighted by atomic mass is 9.98. The topological polar surface area (TPSA) is 55.1 Å². The highest BCUT2D eigenvalue weighted by molar-refractivity contribution is 6.39. The molecule has 0 spiro atoms. The molecule has 0 aliphatic carbocycles. The van der Waals surface area contributed by atoms with Crippen LogP contribution >= 0.6 is 23.2 Å². The molecule has 110 valence electrons. The summed E-state index contributed by atoms with van der Waals surface area (Å²) >= 11 is 11.8. The van der Waals surface area contributed by atoms with Gasteiger partial charge in [-0.2, -0.15) is 0 Å². The Bertz CT molecular complexity index is 626. The highest BCUT2D eigenvalue weighted by atomic mass is 35.5. The van der Waals surface area contributed by atoms with Gasteiger partial charge >= 0.3 is 0 Å². The fourth-order valence-corrected chi connectivity index (χ4v) is 2.51. The Morgan fingerprint density at radius 1 is 1.19 bits per heavy atom. The molecule has 0 heterocycles. The summed E-state index contributed by atoms with van der Waals surface area (Å²) in [6.07, 6.45) is 0. The highest BCUT2D eigenvalue weighted by Crippen LogP contribution is 2.32. The molecular formula is C15H13Cl2FN2O. The Hall–Kier alpha value is -1.62. The van der Waals surface area contributed by atoms with Crippen LogP contribution in [0.3, 0.4) is 0 Å². The molecule has 0 aromatic heterocycles. The predicted molar refractivity (Wildman–Crippen MR) is 83.3 cm³/mol. The van der Waals surface area contributed by atoms with E-state index in [1.807, 2.05) is 30.3 Å². The van der Waals surface area contributed by atoms with Crippen LogP contribution in [0.2, 0.25) is 10.0 Å². The summed E-state index contributed by atoms with van der Waals surface area (Å²) in [5.74, 6) is -1.45. The molecule has 0 aliphatic rings. The van der Waals surface area contributed by atoms with Gasteiger partial charge in [-0.05, 0) is 17.7 Å². The second kappa shape index (κ2) is 6.89. The second-order valence-corrected chi connectivity index (χ2v) is 5.25. The largest absolute Gasteiger partial charge is 0.329 e. The van der Waals surface area contributed by atoms with Crippen molar-refractivity contribution in [3.8, 4) is 0 Å². The Labute approximate surface area is 131 Å². The van der Waals surface area contributed by atoms with Gasteiger partial charge in [-0.25, -0.2) is 4.39 Å². The number of amides is 1. The summed E-state index contributed by atoms with van der Waals surface area (Å²) in [6.45, 7) is 0.131. The summed E-state index contributed by atoms with van der Waals surface area (Å²) in [5.41, 5.74) is 6.64. The van der Waals surface area contributed by atoms with Crippen molar-refractivity contribution in [3.63, 3.8) is 0 Å². The summed E-state index contributed by atoms with van der Waals surface area (Å²) < 4.78 is 13.1. The van der Waals surface area contributed by atoms with Gasteiger partial charge in [0.05, 0.1) is 21.7 Å². The number of carbonyl (C=O) groups is 1. The van der Waals surface area contributed by atoms with Crippen molar-refractivity contribution < 1.29 is 9.18 Å². The molecule has 0 fully saturated rings. The molecule has 1 amide bonds.